The van der Waals surface area contributed by atoms with Crippen molar-refractivity contribution in [2.45, 2.75) is 66.0 Å². The SMILES string of the molecule is CCCCOc1ncc(C(C)OC(C)=O)cc1-c1nc2c(CC)n(C3CN(CC)C3)nc2c(=O)[nH]1. The second kappa shape index (κ2) is 10.6. The largest absolute Gasteiger partial charge is 0.477 e. The van der Waals surface area contributed by atoms with Crippen LogP contribution in [-0.2, 0) is 16.0 Å². The van der Waals surface area contributed by atoms with Crippen molar-refractivity contribution in [3.63, 3.8) is 0 Å². The predicted molar refractivity (Wildman–Crippen MR) is 132 cm³/mol. The lowest BCUT2D eigenvalue weighted by Crippen LogP contribution is -2.48. The fourth-order valence-corrected chi connectivity index (χ4v) is 4.36. The van der Waals surface area contributed by atoms with E-state index >= 15 is 0 Å². The lowest BCUT2D eigenvalue weighted by atomic mass is 10.1. The molecule has 10 heteroatoms. The first-order chi connectivity index (χ1) is 16.9. The molecule has 1 unspecified atom stereocenters. The van der Waals surface area contributed by atoms with Crippen molar-refractivity contribution in [2.24, 2.45) is 0 Å². The Morgan fingerprint density at radius 3 is 2.69 bits per heavy atom. The third-order valence-corrected chi connectivity index (χ3v) is 6.39. The zero-order valence-electron chi connectivity index (χ0n) is 21.1. The number of fused-ring (bicyclic) bond motifs is 1. The van der Waals surface area contributed by atoms with Gasteiger partial charge in [-0.05, 0) is 32.4 Å². The average molecular weight is 483 g/mol. The summed E-state index contributed by atoms with van der Waals surface area (Å²) >= 11 is 0. The number of rotatable bonds is 10. The third kappa shape index (κ3) is 5.07. The van der Waals surface area contributed by atoms with Crippen LogP contribution in [0.3, 0.4) is 0 Å². The van der Waals surface area contributed by atoms with Gasteiger partial charge >= 0.3 is 5.97 Å². The van der Waals surface area contributed by atoms with Crippen molar-refractivity contribution in [2.75, 3.05) is 26.2 Å². The molecule has 0 aliphatic carbocycles. The van der Waals surface area contributed by atoms with Crippen LogP contribution in [0.1, 0.15) is 70.9 Å². The van der Waals surface area contributed by atoms with E-state index in [2.05, 4.69) is 33.8 Å². The lowest BCUT2D eigenvalue weighted by molar-refractivity contribution is -0.145. The number of nitrogens with one attached hydrogen (secondary N) is 1. The Balaban J connectivity index is 1.80. The number of aryl methyl sites for hydroxylation is 1. The van der Waals surface area contributed by atoms with Gasteiger partial charge in [-0.1, -0.05) is 27.2 Å². The van der Waals surface area contributed by atoms with Crippen LogP contribution < -0.4 is 10.3 Å². The minimum atomic E-state index is -0.507. The molecule has 4 heterocycles. The van der Waals surface area contributed by atoms with Gasteiger partial charge in [0, 0.05) is 31.8 Å². The zero-order chi connectivity index (χ0) is 25.1. The summed E-state index contributed by atoms with van der Waals surface area (Å²) in [7, 11) is 0. The maximum absolute atomic E-state index is 13.1. The van der Waals surface area contributed by atoms with Gasteiger partial charge in [-0.2, -0.15) is 5.10 Å². The molecule has 1 N–H and O–H groups in total. The van der Waals surface area contributed by atoms with Crippen molar-refractivity contribution in [1.29, 1.82) is 0 Å². The van der Waals surface area contributed by atoms with Crippen molar-refractivity contribution in [3.05, 3.63) is 33.9 Å². The summed E-state index contributed by atoms with van der Waals surface area (Å²) in [6.45, 7) is 12.7. The number of H-pyrrole nitrogens is 1. The Labute approximate surface area is 204 Å². The monoisotopic (exact) mass is 482 g/mol. The molecular formula is C25H34N6O4. The summed E-state index contributed by atoms with van der Waals surface area (Å²) < 4.78 is 13.2. The number of carbonyl (C=O) groups excluding carboxylic acids is 1. The molecule has 1 aliphatic heterocycles. The number of pyridine rings is 1. The molecule has 0 radical (unpaired) electrons. The van der Waals surface area contributed by atoms with Crippen LogP contribution in [-0.4, -0.2) is 61.8 Å². The number of hydrogen-bond acceptors (Lipinski definition) is 8. The molecule has 1 atom stereocenters. The number of likely N-dealkylation sites (tertiary alicyclic amines) is 1. The van der Waals surface area contributed by atoms with E-state index in [1.165, 1.54) is 6.92 Å². The van der Waals surface area contributed by atoms with E-state index in [1.54, 1.807) is 13.1 Å². The molecule has 0 spiro atoms. The van der Waals surface area contributed by atoms with E-state index in [9.17, 15) is 9.59 Å². The van der Waals surface area contributed by atoms with E-state index in [1.807, 2.05) is 17.7 Å². The summed E-state index contributed by atoms with van der Waals surface area (Å²) in [5, 5.41) is 4.65. The number of nitrogens with zero attached hydrogens (tertiary/aromatic N) is 5. The molecule has 3 aromatic rings. The fourth-order valence-electron chi connectivity index (χ4n) is 4.36. The first-order valence-corrected chi connectivity index (χ1v) is 12.4. The van der Waals surface area contributed by atoms with Gasteiger partial charge in [0.05, 0.1) is 23.9 Å². The number of aromatic amines is 1. The molecule has 35 heavy (non-hydrogen) atoms. The van der Waals surface area contributed by atoms with Crippen molar-refractivity contribution in [1.82, 2.24) is 29.6 Å². The van der Waals surface area contributed by atoms with E-state index in [-0.39, 0.29) is 17.6 Å². The molecule has 0 aromatic carbocycles. The zero-order valence-corrected chi connectivity index (χ0v) is 21.1. The summed E-state index contributed by atoms with van der Waals surface area (Å²) in [6.07, 6.45) is 3.68. The first-order valence-electron chi connectivity index (χ1n) is 12.4. The topological polar surface area (TPSA) is 115 Å². The smallest absolute Gasteiger partial charge is 0.303 e. The van der Waals surface area contributed by atoms with Crippen LogP contribution in [0, 0.1) is 0 Å². The maximum atomic E-state index is 13.1. The molecule has 0 bridgehead atoms. The van der Waals surface area contributed by atoms with Gasteiger partial charge in [0.1, 0.15) is 17.4 Å². The maximum Gasteiger partial charge on any atom is 0.303 e. The first kappa shape index (κ1) is 24.8. The van der Waals surface area contributed by atoms with Gasteiger partial charge in [-0.25, -0.2) is 9.97 Å². The molecule has 10 nitrogen and oxygen atoms in total. The third-order valence-electron chi connectivity index (χ3n) is 6.39. The number of esters is 1. The van der Waals surface area contributed by atoms with E-state index in [0.29, 0.717) is 46.9 Å². The average Bonchev–Trinajstić information content (AvgIpc) is 3.17. The van der Waals surface area contributed by atoms with E-state index < -0.39 is 6.10 Å². The van der Waals surface area contributed by atoms with Crippen LogP contribution in [0.15, 0.2) is 17.1 Å². The van der Waals surface area contributed by atoms with Gasteiger partial charge < -0.3 is 14.5 Å². The van der Waals surface area contributed by atoms with Crippen molar-refractivity contribution in [3.8, 4) is 17.3 Å². The molecule has 3 aromatic heterocycles. The summed E-state index contributed by atoms with van der Waals surface area (Å²) in [4.78, 5) is 39.1. The highest BCUT2D eigenvalue weighted by molar-refractivity contribution is 5.79. The molecular weight excluding hydrogens is 448 g/mol. The summed E-state index contributed by atoms with van der Waals surface area (Å²) in [5.74, 6) is 0.354. The Morgan fingerprint density at radius 2 is 2.03 bits per heavy atom. The number of unbranched alkanes of at least 4 members (excludes halogenated alkanes) is 1. The number of carbonyl (C=O) groups is 1. The number of hydrogen-bond donors (Lipinski definition) is 1. The lowest BCUT2D eigenvalue weighted by Gasteiger charge is -2.39. The number of aromatic nitrogens is 5. The molecule has 0 saturated carbocycles. The van der Waals surface area contributed by atoms with Gasteiger partial charge in [0.2, 0.25) is 5.88 Å². The number of ether oxygens (including phenoxy) is 2. The van der Waals surface area contributed by atoms with Crippen molar-refractivity contribution < 1.29 is 14.3 Å². The van der Waals surface area contributed by atoms with Gasteiger partial charge in [-0.15, -0.1) is 0 Å². The summed E-state index contributed by atoms with van der Waals surface area (Å²) in [5.41, 5.74) is 2.81. The molecule has 1 fully saturated rings. The fraction of sp³-hybridized carbons (Fsp3) is 0.560. The van der Waals surface area contributed by atoms with Crippen molar-refractivity contribution >= 4 is 17.0 Å². The minimum Gasteiger partial charge on any atom is -0.477 e. The standard InChI is InChI=1S/C25H34N6O4/c1-6-9-10-34-25-19(11-17(12-26-25)15(4)35-16(5)32)23-27-21-20(7-2)31(18-13-30(8-3)14-18)29-22(21)24(33)28-23/h11-12,15,18H,6-10,13-14H2,1-5H3,(H,27,28,33). The van der Waals surface area contributed by atoms with Crippen LogP contribution in [0.2, 0.25) is 0 Å². The Hall–Kier alpha value is -3.27. The molecule has 188 valence electrons. The summed E-state index contributed by atoms with van der Waals surface area (Å²) in [6, 6.07) is 2.05. The molecule has 4 rings (SSSR count). The van der Waals surface area contributed by atoms with Crippen LogP contribution in [0.25, 0.3) is 22.4 Å². The normalized spacial score (nSPS) is 15.2. The highest BCUT2D eigenvalue weighted by atomic mass is 16.5. The second-order valence-corrected chi connectivity index (χ2v) is 8.94. The van der Waals surface area contributed by atoms with Crippen LogP contribution in [0.4, 0.5) is 0 Å². The second-order valence-electron chi connectivity index (χ2n) is 8.94. The molecule has 1 aliphatic rings. The van der Waals surface area contributed by atoms with E-state index in [4.69, 9.17) is 14.5 Å². The Kier molecular flexibility index (Phi) is 7.49. The Bertz CT molecular complexity index is 1260. The van der Waals surface area contributed by atoms with Gasteiger partial charge in [0.15, 0.2) is 5.52 Å². The molecule has 1 saturated heterocycles. The quantitative estimate of drug-likeness (QED) is 0.345. The van der Waals surface area contributed by atoms with Crippen LogP contribution >= 0.6 is 0 Å². The Morgan fingerprint density at radius 1 is 1.26 bits per heavy atom. The van der Waals surface area contributed by atoms with E-state index in [0.717, 1.165) is 38.2 Å². The highest BCUT2D eigenvalue weighted by Gasteiger charge is 2.31. The van der Waals surface area contributed by atoms with Gasteiger partial charge in [0.25, 0.3) is 5.56 Å². The number of likely N-dealkylation sites (N-methyl/N-ethyl adjacent to an activating group) is 1. The highest BCUT2D eigenvalue weighted by Crippen LogP contribution is 2.31. The minimum absolute atomic E-state index is 0.240. The predicted octanol–water partition coefficient (Wildman–Crippen LogP) is 3.42. The van der Waals surface area contributed by atoms with Crippen LogP contribution in [0.5, 0.6) is 5.88 Å². The molecule has 0 amide bonds. The van der Waals surface area contributed by atoms with Gasteiger partial charge in [-0.3, -0.25) is 19.2 Å².